The first kappa shape index (κ1) is 28.2. The van der Waals surface area contributed by atoms with Crippen molar-refractivity contribution in [1.82, 2.24) is 10.2 Å². The van der Waals surface area contributed by atoms with E-state index < -0.39 is 28.5 Å². The number of rotatable bonds is 11. The molecule has 0 fully saturated rings. The van der Waals surface area contributed by atoms with E-state index in [2.05, 4.69) is 5.32 Å². The molecule has 9 heteroatoms. The summed E-state index contributed by atoms with van der Waals surface area (Å²) in [7, 11) is -4.15. The number of hydrogen-bond donors (Lipinski definition) is 1. The Morgan fingerprint density at radius 3 is 2.19 bits per heavy atom. The van der Waals surface area contributed by atoms with Crippen molar-refractivity contribution < 1.29 is 18.0 Å². The number of nitrogens with zero attached hydrogens (tertiary/aromatic N) is 2. The predicted molar refractivity (Wildman–Crippen MR) is 147 cm³/mol. The second-order valence-electron chi connectivity index (χ2n) is 8.75. The maximum Gasteiger partial charge on any atom is 0.264 e. The minimum Gasteiger partial charge on any atom is -0.354 e. The molecule has 0 aliphatic heterocycles. The zero-order valence-corrected chi connectivity index (χ0v) is 22.8. The Balaban J connectivity index is 2.02. The molecule has 0 bridgehead atoms. The molecule has 196 valence electrons. The summed E-state index contributed by atoms with van der Waals surface area (Å²) in [5.41, 5.74) is 1.90. The highest BCUT2D eigenvalue weighted by atomic mass is 35.5. The van der Waals surface area contributed by atoms with E-state index in [0.717, 1.165) is 21.9 Å². The van der Waals surface area contributed by atoms with Gasteiger partial charge in [-0.2, -0.15) is 0 Å². The Bertz CT molecular complexity index is 1310. The zero-order chi connectivity index (χ0) is 27.0. The minimum absolute atomic E-state index is 0.0363. The van der Waals surface area contributed by atoms with Crippen LogP contribution in [0.4, 0.5) is 5.69 Å². The van der Waals surface area contributed by atoms with Gasteiger partial charge in [0.1, 0.15) is 12.6 Å². The number of amides is 2. The lowest BCUT2D eigenvalue weighted by Gasteiger charge is -2.32. The van der Waals surface area contributed by atoms with E-state index in [0.29, 0.717) is 6.54 Å². The van der Waals surface area contributed by atoms with Crippen molar-refractivity contribution in [3.8, 4) is 0 Å². The Morgan fingerprint density at radius 2 is 1.57 bits per heavy atom. The fourth-order valence-corrected chi connectivity index (χ4v) is 5.48. The van der Waals surface area contributed by atoms with Gasteiger partial charge in [-0.1, -0.05) is 78.7 Å². The van der Waals surface area contributed by atoms with Crippen LogP contribution in [0.2, 0.25) is 5.02 Å². The number of halogens is 1. The number of nitrogens with one attached hydrogen (secondary N) is 1. The lowest BCUT2D eigenvalue weighted by Crippen LogP contribution is -2.51. The maximum atomic E-state index is 13.8. The van der Waals surface area contributed by atoms with Crippen molar-refractivity contribution in [2.45, 2.75) is 44.7 Å². The molecule has 2 amide bonds. The Morgan fingerprint density at radius 1 is 0.946 bits per heavy atom. The molecule has 1 unspecified atom stereocenters. The molecule has 1 atom stereocenters. The molecule has 0 aliphatic rings. The van der Waals surface area contributed by atoms with Gasteiger partial charge in [0.2, 0.25) is 11.8 Å². The summed E-state index contributed by atoms with van der Waals surface area (Å²) in [5, 5.41) is 3.01. The monoisotopic (exact) mass is 541 g/mol. The second kappa shape index (κ2) is 12.7. The van der Waals surface area contributed by atoms with Crippen molar-refractivity contribution in [1.29, 1.82) is 0 Å². The number of anilines is 1. The first-order valence-electron chi connectivity index (χ1n) is 12.1. The van der Waals surface area contributed by atoms with Gasteiger partial charge in [-0.15, -0.1) is 0 Å². The van der Waals surface area contributed by atoms with Gasteiger partial charge in [0.25, 0.3) is 10.0 Å². The van der Waals surface area contributed by atoms with E-state index in [1.165, 1.54) is 17.0 Å². The number of para-hydroxylation sites is 1. The van der Waals surface area contributed by atoms with Crippen LogP contribution in [0.15, 0.2) is 83.8 Å². The van der Waals surface area contributed by atoms with Crippen LogP contribution >= 0.6 is 11.6 Å². The van der Waals surface area contributed by atoms with E-state index in [1.807, 2.05) is 44.2 Å². The quantitative estimate of drug-likeness (QED) is 0.378. The molecule has 0 aromatic heterocycles. The van der Waals surface area contributed by atoms with Crippen LogP contribution in [-0.2, 0) is 26.2 Å². The number of aryl methyl sites for hydroxylation is 1. The van der Waals surface area contributed by atoms with Crippen LogP contribution in [0.5, 0.6) is 0 Å². The summed E-state index contributed by atoms with van der Waals surface area (Å²) >= 11 is 6.41. The molecule has 3 rings (SSSR count). The molecule has 3 aromatic carbocycles. The van der Waals surface area contributed by atoms with E-state index >= 15 is 0 Å². The largest absolute Gasteiger partial charge is 0.354 e. The molecule has 7 nitrogen and oxygen atoms in total. The molecule has 0 radical (unpaired) electrons. The van der Waals surface area contributed by atoms with Crippen molar-refractivity contribution >= 4 is 39.1 Å². The molecule has 37 heavy (non-hydrogen) atoms. The first-order chi connectivity index (χ1) is 17.6. The third kappa shape index (κ3) is 7.11. The van der Waals surface area contributed by atoms with Gasteiger partial charge in [0.05, 0.1) is 15.6 Å². The van der Waals surface area contributed by atoms with Crippen molar-refractivity contribution in [3.63, 3.8) is 0 Å². The fraction of sp³-hybridized carbons (Fsp3) is 0.286. The van der Waals surface area contributed by atoms with Gasteiger partial charge < -0.3 is 10.2 Å². The number of hydrogen-bond acceptors (Lipinski definition) is 4. The SMILES string of the molecule is CCCNC(=O)C(C)N(Cc1ccccc1)C(=O)CN(c1ccccc1Cl)S(=O)(=O)c1ccc(C)cc1. The summed E-state index contributed by atoms with van der Waals surface area (Å²) < 4.78 is 28.6. The molecule has 1 N–H and O–H groups in total. The first-order valence-corrected chi connectivity index (χ1v) is 13.9. The molecule has 0 aliphatic carbocycles. The molecule has 0 spiro atoms. The molecular formula is C28H32ClN3O4S. The number of benzene rings is 3. The molecule has 0 saturated carbocycles. The summed E-state index contributed by atoms with van der Waals surface area (Å²) in [6, 6.07) is 21.3. The average Bonchev–Trinajstić information content (AvgIpc) is 2.89. The van der Waals surface area contributed by atoms with Crippen LogP contribution in [0.3, 0.4) is 0 Å². The summed E-state index contributed by atoms with van der Waals surface area (Å²) in [5.74, 6) is -0.838. The smallest absolute Gasteiger partial charge is 0.264 e. The Labute approximate surface area is 224 Å². The highest BCUT2D eigenvalue weighted by Crippen LogP contribution is 2.30. The van der Waals surface area contributed by atoms with E-state index in [4.69, 9.17) is 11.6 Å². The number of carbonyl (C=O) groups excluding carboxylic acids is 2. The second-order valence-corrected chi connectivity index (χ2v) is 11.0. The van der Waals surface area contributed by atoms with Crippen LogP contribution in [0, 0.1) is 6.92 Å². The van der Waals surface area contributed by atoms with E-state index in [1.54, 1.807) is 43.3 Å². The normalized spacial score (nSPS) is 12.0. The standard InChI is InChI=1S/C28H32ClN3O4S/c1-4-18-30-28(34)22(3)31(19-23-10-6-5-7-11-23)27(33)20-32(26-13-9-8-12-25(26)29)37(35,36)24-16-14-21(2)15-17-24/h5-17,22H,4,18-20H2,1-3H3,(H,30,34). The van der Waals surface area contributed by atoms with Crippen LogP contribution in [0.1, 0.15) is 31.4 Å². The highest BCUT2D eigenvalue weighted by Gasteiger charge is 2.33. The number of carbonyl (C=O) groups is 2. The average molecular weight is 542 g/mol. The zero-order valence-electron chi connectivity index (χ0n) is 21.2. The van der Waals surface area contributed by atoms with Crippen molar-refractivity contribution in [2.24, 2.45) is 0 Å². The van der Waals surface area contributed by atoms with Gasteiger partial charge in [0, 0.05) is 13.1 Å². The van der Waals surface area contributed by atoms with Crippen molar-refractivity contribution in [3.05, 3.63) is 95.0 Å². The summed E-state index contributed by atoms with van der Waals surface area (Å²) in [6.07, 6.45) is 0.750. The van der Waals surface area contributed by atoms with E-state index in [9.17, 15) is 18.0 Å². The molecule has 3 aromatic rings. The van der Waals surface area contributed by atoms with Gasteiger partial charge in [-0.05, 0) is 50.1 Å². The molecule has 0 heterocycles. The van der Waals surface area contributed by atoms with Gasteiger partial charge in [0.15, 0.2) is 0 Å². The van der Waals surface area contributed by atoms with Crippen LogP contribution in [0.25, 0.3) is 0 Å². The van der Waals surface area contributed by atoms with Crippen LogP contribution in [-0.4, -0.2) is 44.3 Å². The van der Waals surface area contributed by atoms with Gasteiger partial charge in [-0.3, -0.25) is 13.9 Å². The van der Waals surface area contributed by atoms with Crippen molar-refractivity contribution in [2.75, 3.05) is 17.4 Å². The minimum atomic E-state index is -4.15. The lowest BCUT2D eigenvalue weighted by atomic mass is 10.1. The Kier molecular flexibility index (Phi) is 9.72. The molecular weight excluding hydrogens is 510 g/mol. The van der Waals surface area contributed by atoms with Crippen LogP contribution < -0.4 is 9.62 Å². The Hall–Kier alpha value is -3.36. The third-order valence-electron chi connectivity index (χ3n) is 5.92. The van der Waals surface area contributed by atoms with Gasteiger partial charge >= 0.3 is 0 Å². The number of sulfonamides is 1. The van der Waals surface area contributed by atoms with Gasteiger partial charge in [-0.25, -0.2) is 8.42 Å². The lowest BCUT2D eigenvalue weighted by molar-refractivity contribution is -0.139. The highest BCUT2D eigenvalue weighted by molar-refractivity contribution is 7.92. The summed E-state index contributed by atoms with van der Waals surface area (Å²) in [4.78, 5) is 28.1. The van der Waals surface area contributed by atoms with E-state index in [-0.39, 0.29) is 28.1 Å². The third-order valence-corrected chi connectivity index (χ3v) is 8.01. The molecule has 0 saturated heterocycles. The fourth-order valence-electron chi connectivity index (χ4n) is 3.76. The summed E-state index contributed by atoms with van der Waals surface area (Å²) in [6.45, 7) is 5.52. The predicted octanol–water partition coefficient (Wildman–Crippen LogP) is 4.79. The topological polar surface area (TPSA) is 86.8 Å². The maximum absolute atomic E-state index is 13.8.